The van der Waals surface area contributed by atoms with Gasteiger partial charge in [-0.3, -0.25) is 9.35 Å². The molecule has 6 nitrogen and oxygen atoms in total. The van der Waals surface area contributed by atoms with Gasteiger partial charge in [0.15, 0.2) is 0 Å². The van der Waals surface area contributed by atoms with Gasteiger partial charge in [0, 0.05) is 6.42 Å². The predicted molar refractivity (Wildman–Crippen MR) is 184 cm³/mol. The second-order valence-corrected chi connectivity index (χ2v) is 14.4. The second-order valence-electron chi connectivity index (χ2n) is 12.9. The third-order valence-electron chi connectivity index (χ3n) is 8.47. The fourth-order valence-corrected chi connectivity index (χ4v) is 6.44. The molecule has 0 aliphatic heterocycles. The van der Waals surface area contributed by atoms with Gasteiger partial charge in [0.05, 0.1) is 17.9 Å². The number of aliphatic hydroxyl groups excluding tert-OH is 1. The summed E-state index contributed by atoms with van der Waals surface area (Å²) in [6, 6.07) is -0.970. The molecule has 0 aromatic carbocycles. The molecular weight excluding hydrogens is 558 g/mol. The summed E-state index contributed by atoms with van der Waals surface area (Å²) in [5.74, 6) is -0.902. The van der Waals surface area contributed by atoms with E-state index in [1.165, 1.54) is 116 Å². The summed E-state index contributed by atoms with van der Waals surface area (Å²) in [5, 5.41) is 13.3. The normalized spacial score (nSPS) is 13.5. The molecule has 2 unspecified atom stereocenters. The van der Waals surface area contributed by atoms with E-state index in [0.717, 1.165) is 51.4 Å². The van der Waals surface area contributed by atoms with Crippen molar-refractivity contribution in [3.8, 4) is 0 Å². The topological polar surface area (TPSA) is 104 Å². The van der Waals surface area contributed by atoms with Crippen LogP contribution < -0.4 is 5.32 Å². The lowest BCUT2D eigenvalue weighted by molar-refractivity contribution is -0.122. The zero-order valence-corrected chi connectivity index (χ0v) is 29.2. The van der Waals surface area contributed by atoms with Crippen LogP contribution in [-0.2, 0) is 14.9 Å². The average Bonchev–Trinajstić information content (AvgIpc) is 2.96. The summed E-state index contributed by atoms with van der Waals surface area (Å²) in [7, 11) is -4.30. The van der Waals surface area contributed by atoms with Crippen molar-refractivity contribution in [2.45, 2.75) is 206 Å². The maximum Gasteiger partial charge on any atom is 0.266 e. The molecule has 0 fully saturated rings. The smallest absolute Gasteiger partial charge is 0.266 e. The summed E-state index contributed by atoms with van der Waals surface area (Å²) < 4.78 is 32.4. The monoisotopic (exact) mass is 630 g/mol. The van der Waals surface area contributed by atoms with E-state index < -0.39 is 28.0 Å². The molecule has 3 N–H and O–H groups in total. The molecule has 0 aliphatic carbocycles. The first kappa shape index (κ1) is 42.1. The minimum Gasteiger partial charge on any atom is -0.391 e. The number of nitrogens with one attached hydrogen (secondary N) is 1. The predicted octanol–water partition coefficient (Wildman–Crippen LogP) is 10.2. The van der Waals surface area contributed by atoms with Gasteiger partial charge in [0.2, 0.25) is 5.91 Å². The van der Waals surface area contributed by atoms with E-state index in [1.807, 2.05) is 0 Å². The lowest BCUT2D eigenvalue weighted by atomic mass is 10.0. The average molecular weight is 630 g/mol. The van der Waals surface area contributed by atoms with Crippen LogP contribution in [0.5, 0.6) is 0 Å². The summed E-state index contributed by atoms with van der Waals surface area (Å²) in [5.41, 5.74) is 0. The van der Waals surface area contributed by atoms with Crippen molar-refractivity contribution in [2.24, 2.45) is 0 Å². The molecule has 0 bridgehead atoms. The standard InChI is InChI=1S/C36H71NO5S/c1-3-5-7-9-11-13-15-17-19-21-23-25-27-29-31-35(38)34(33-43(40,41)42)37-36(39)32-30-28-26-24-22-20-18-16-14-12-10-8-6-4-2/h16,18,34-35,38H,3-15,17,19-33H2,1-2H3,(H,37,39)(H,40,41,42)/b18-16-. The van der Waals surface area contributed by atoms with Gasteiger partial charge < -0.3 is 10.4 Å². The third-order valence-corrected chi connectivity index (χ3v) is 9.25. The summed E-state index contributed by atoms with van der Waals surface area (Å²) in [6.07, 6.45) is 35.8. The van der Waals surface area contributed by atoms with Crippen LogP contribution in [0.25, 0.3) is 0 Å². The number of unbranched alkanes of at least 4 members (excludes halogenated alkanes) is 23. The van der Waals surface area contributed by atoms with Gasteiger partial charge in [0.1, 0.15) is 0 Å². The number of allylic oxidation sites excluding steroid dienone is 2. The summed E-state index contributed by atoms with van der Waals surface area (Å²) in [6.45, 7) is 4.50. The molecule has 0 rings (SSSR count). The highest BCUT2D eigenvalue weighted by molar-refractivity contribution is 7.85. The van der Waals surface area contributed by atoms with Gasteiger partial charge in [-0.15, -0.1) is 0 Å². The van der Waals surface area contributed by atoms with Crippen LogP contribution in [0.2, 0.25) is 0 Å². The molecule has 0 aromatic rings. The molecule has 0 radical (unpaired) electrons. The highest BCUT2D eigenvalue weighted by Crippen LogP contribution is 2.15. The molecule has 43 heavy (non-hydrogen) atoms. The molecule has 256 valence electrons. The van der Waals surface area contributed by atoms with E-state index >= 15 is 0 Å². The number of carbonyl (C=O) groups is 1. The van der Waals surface area contributed by atoms with Crippen LogP contribution in [0.4, 0.5) is 0 Å². The van der Waals surface area contributed by atoms with E-state index in [1.54, 1.807) is 0 Å². The Labute approximate surface area is 267 Å². The lowest BCUT2D eigenvalue weighted by Gasteiger charge is -2.23. The Hall–Kier alpha value is -0.920. The summed E-state index contributed by atoms with van der Waals surface area (Å²) >= 11 is 0. The highest BCUT2D eigenvalue weighted by atomic mass is 32.2. The number of hydrogen-bond acceptors (Lipinski definition) is 4. The molecule has 7 heteroatoms. The van der Waals surface area contributed by atoms with E-state index in [9.17, 15) is 22.9 Å². The SMILES string of the molecule is CCCCCCC/C=C\CCCCCCCC(=O)NC(CS(=O)(=O)O)C(O)CCCCCCCCCCCCCCCC. The highest BCUT2D eigenvalue weighted by Gasteiger charge is 2.26. The van der Waals surface area contributed by atoms with Crippen molar-refractivity contribution < 1.29 is 22.9 Å². The Bertz CT molecular complexity index is 740. The van der Waals surface area contributed by atoms with Crippen molar-refractivity contribution in [3.63, 3.8) is 0 Å². The molecule has 0 spiro atoms. The van der Waals surface area contributed by atoms with E-state index in [0.29, 0.717) is 12.8 Å². The van der Waals surface area contributed by atoms with Crippen molar-refractivity contribution in [1.82, 2.24) is 5.32 Å². The zero-order valence-electron chi connectivity index (χ0n) is 28.3. The van der Waals surface area contributed by atoms with Crippen molar-refractivity contribution in [2.75, 3.05) is 5.75 Å². The third kappa shape index (κ3) is 32.3. The molecule has 2 atom stereocenters. The molecule has 0 saturated heterocycles. The van der Waals surface area contributed by atoms with E-state index in [2.05, 4.69) is 31.3 Å². The molecule has 0 saturated carbocycles. The number of rotatable bonds is 33. The van der Waals surface area contributed by atoms with Gasteiger partial charge >= 0.3 is 0 Å². The number of aliphatic hydroxyl groups is 1. The maximum atomic E-state index is 12.5. The van der Waals surface area contributed by atoms with Crippen molar-refractivity contribution in [1.29, 1.82) is 0 Å². The van der Waals surface area contributed by atoms with E-state index in [4.69, 9.17) is 0 Å². The Morgan fingerprint density at radius 1 is 0.605 bits per heavy atom. The van der Waals surface area contributed by atoms with E-state index in [-0.39, 0.29) is 5.91 Å². The Balaban J connectivity index is 3.93. The Morgan fingerprint density at radius 2 is 0.977 bits per heavy atom. The fourth-order valence-electron chi connectivity index (χ4n) is 5.68. The van der Waals surface area contributed by atoms with Crippen LogP contribution in [0.1, 0.15) is 194 Å². The number of hydrogen-bond donors (Lipinski definition) is 3. The molecule has 0 aromatic heterocycles. The zero-order chi connectivity index (χ0) is 31.9. The van der Waals surface area contributed by atoms with Crippen LogP contribution in [0.3, 0.4) is 0 Å². The molecule has 0 aliphatic rings. The first-order valence-electron chi connectivity index (χ1n) is 18.4. The first-order chi connectivity index (χ1) is 20.8. The van der Waals surface area contributed by atoms with Gasteiger partial charge in [-0.25, -0.2) is 0 Å². The van der Waals surface area contributed by atoms with Crippen LogP contribution in [0.15, 0.2) is 12.2 Å². The number of amides is 1. The number of carbonyl (C=O) groups excluding carboxylic acids is 1. The van der Waals surface area contributed by atoms with Crippen LogP contribution >= 0.6 is 0 Å². The van der Waals surface area contributed by atoms with Gasteiger partial charge in [0.25, 0.3) is 10.1 Å². The largest absolute Gasteiger partial charge is 0.391 e. The first-order valence-corrected chi connectivity index (χ1v) is 20.0. The molecular formula is C36H71NO5S. The van der Waals surface area contributed by atoms with Gasteiger partial charge in [-0.2, -0.15) is 8.42 Å². The molecule has 1 amide bonds. The summed E-state index contributed by atoms with van der Waals surface area (Å²) in [4.78, 5) is 12.5. The Kier molecular flexibility index (Phi) is 30.4. The fraction of sp³-hybridized carbons (Fsp3) is 0.917. The minimum absolute atomic E-state index is 0.254. The van der Waals surface area contributed by atoms with Crippen LogP contribution in [0, 0.1) is 0 Å². The maximum absolute atomic E-state index is 12.5. The quantitative estimate of drug-likeness (QED) is 0.0381. The second kappa shape index (κ2) is 31.1. The van der Waals surface area contributed by atoms with Crippen molar-refractivity contribution >= 4 is 16.0 Å². The molecule has 0 heterocycles. The minimum atomic E-state index is -4.30. The van der Waals surface area contributed by atoms with Crippen LogP contribution in [-0.4, -0.2) is 41.9 Å². The van der Waals surface area contributed by atoms with Gasteiger partial charge in [-0.05, 0) is 38.5 Å². The van der Waals surface area contributed by atoms with Gasteiger partial charge in [-0.1, -0.05) is 161 Å². The Morgan fingerprint density at radius 3 is 1.40 bits per heavy atom. The van der Waals surface area contributed by atoms with Crippen molar-refractivity contribution in [3.05, 3.63) is 12.2 Å². The lowest BCUT2D eigenvalue weighted by Crippen LogP contribution is -2.47.